The van der Waals surface area contributed by atoms with Crippen LogP contribution in [0.3, 0.4) is 0 Å². The van der Waals surface area contributed by atoms with E-state index in [4.69, 9.17) is 19.6 Å². The lowest BCUT2D eigenvalue weighted by atomic mass is 9.83. The Morgan fingerprint density at radius 3 is 2.15 bits per heavy atom. The van der Waals surface area contributed by atoms with Gasteiger partial charge in [-0.1, -0.05) is 29.8 Å². The molecular formula is C15H18O5. The third-order valence-corrected chi connectivity index (χ3v) is 3.83. The molecule has 2 bridgehead atoms. The highest BCUT2D eigenvalue weighted by atomic mass is 17.4. The van der Waals surface area contributed by atoms with Crippen LogP contribution in [-0.4, -0.2) is 18.4 Å². The normalized spacial score (nSPS) is 29.6. The molecule has 5 heteroatoms. The summed E-state index contributed by atoms with van der Waals surface area (Å²) in [6, 6.07) is 8.32. The van der Waals surface area contributed by atoms with Gasteiger partial charge in [0, 0.05) is 6.42 Å². The van der Waals surface area contributed by atoms with Gasteiger partial charge >= 0.3 is 0 Å². The highest BCUT2D eigenvalue weighted by molar-refractivity contribution is 5.75. The predicted molar refractivity (Wildman–Crippen MR) is 69.1 cm³/mol. The molecule has 2 saturated heterocycles. The number of carbonyl (C=O) groups is 1. The third-order valence-electron chi connectivity index (χ3n) is 3.83. The summed E-state index contributed by atoms with van der Waals surface area (Å²) in [7, 11) is 0. The van der Waals surface area contributed by atoms with Crippen molar-refractivity contribution in [3.05, 3.63) is 35.4 Å². The number of benzene rings is 1. The summed E-state index contributed by atoms with van der Waals surface area (Å²) in [6.07, 6.45) is 0.173. The minimum Gasteiger partial charge on any atom is -0.300 e. The summed E-state index contributed by atoms with van der Waals surface area (Å²) < 4.78 is 0. The Morgan fingerprint density at radius 2 is 1.65 bits per heavy atom. The van der Waals surface area contributed by atoms with Gasteiger partial charge in [0.1, 0.15) is 5.78 Å². The second-order valence-corrected chi connectivity index (χ2v) is 5.55. The zero-order chi connectivity index (χ0) is 14.1. The Labute approximate surface area is 117 Å². The molecule has 2 fully saturated rings. The maximum Gasteiger partial charge on any atom is 0.232 e. The lowest BCUT2D eigenvalue weighted by molar-refractivity contribution is -0.528. The first-order chi connectivity index (χ1) is 9.63. The van der Waals surface area contributed by atoms with Crippen molar-refractivity contribution in [2.45, 2.75) is 39.3 Å². The molecule has 1 unspecified atom stereocenters. The average Bonchev–Trinajstić information content (AvgIpc) is 3.00. The molecule has 2 aliphatic rings. The van der Waals surface area contributed by atoms with Gasteiger partial charge in [-0.3, -0.25) is 0 Å². The van der Waals surface area contributed by atoms with Gasteiger partial charge in [-0.05, 0) is 31.7 Å². The molecular weight excluding hydrogens is 260 g/mol. The molecule has 0 N–H and O–H groups in total. The summed E-state index contributed by atoms with van der Waals surface area (Å²) in [5.74, 6) is 0.156. The van der Waals surface area contributed by atoms with Crippen LogP contribution in [0.2, 0.25) is 0 Å². The van der Waals surface area contributed by atoms with Crippen molar-refractivity contribution in [2.75, 3.05) is 0 Å². The second-order valence-electron chi connectivity index (χ2n) is 5.55. The molecule has 1 atom stereocenters. The molecule has 108 valence electrons. The third kappa shape index (κ3) is 2.76. The van der Waals surface area contributed by atoms with E-state index in [1.165, 1.54) is 11.1 Å². The van der Waals surface area contributed by atoms with Crippen LogP contribution in [0, 0.1) is 18.8 Å². The Kier molecular flexibility index (Phi) is 3.85. The van der Waals surface area contributed by atoms with E-state index in [1.54, 1.807) is 6.92 Å². The van der Waals surface area contributed by atoms with Crippen LogP contribution in [0.4, 0.5) is 0 Å². The summed E-state index contributed by atoms with van der Waals surface area (Å²) >= 11 is 0. The summed E-state index contributed by atoms with van der Waals surface area (Å²) in [6.45, 7) is 3.65. The largest absolute Gasteiger partial charge is 0.300 e. The van der Waals surface area contributed by atoms with Crippen LogP contribution in [0.15, 0.2) is 24.3 Å². The Hall–Kier alpha value is -1.27. The summed E-state index contributed by atoms with van der Waals surface area (Å²) in [4.78, 5) is 31.6. The number of hydrogen-bond donors (Lipinski definition) is 0. The van der Waals surface area contributed by atoms with Gasteiger partial charge in [0.25, 0.3) is 0 Å². The minimum absolute atomic E-state index is 0.0693. The highest BCUT2D eigenvalue weighted by Gasteiger charge is 2.52. The fourth-order valence-corrected chi connectivity index (χ4v) is 2.82. The average molecular weight is 278 g/mol. The van der Waals surface area contributed by atoms with Gasteiger partial charge < -0.3 is 4.79 Å². The van der Waals surface area contributed by atoms with Crippen LogP contribution < -0.4 is 0 Å². The molecule has 0 aromatic heterocycles. The first-order valence-electron chi connectivity index (χ1n) is 6.83. The van der Waals surface area contributed by atoms with Crippen LogP contribution >= 0.6 is 0 Å². The van der Waals surface area contributed by atoms with Crippen LogP contribution in [-0.2, 0) is 30.8 Å². The van der Waals surface area contributed by atoms with Crippen molar-refractivity contribution < 1.29 is 24.3 Å². The van der Waals surface area contributed by atoms with Gasteiger partial charge in [0.05, 0.1) is 5.92 Å². The number of aryl methyl sites for hydroxylation is 1. The molecule has 0 amide bonds. The molecule has 1 aromatic carbocycles. The lowest BCUT2D eigenvalue weighted by Gasteiger charge is -2.20. The molecule has 5 nitrogen and oxygen atoms in total. The number of fused-ring (bicyclic) bond motifs is 2. The number of Topliss-reactive ketones (excluding diaryl/α,β-unsaturated/α-hetero) is 1. The van der Waals surface area contributed by atoms with Crippen molar-refractivity contribution in [1.82, 2.24) is 0 Å². The Morgan fingerprint density at radius 1 is 1.10 bits per heavy atom. The topological polar surface area (TPSA) is 54.0 Å². The maximum atomic E-state index is 11.5. The van der Waals surface area contributed by atoms with Gasteiger partial charge in [0.2, 0.25) is 12.6 Å². The monoisotopic (exact) mass is 278 g/mol. The van der Waals surface area contributed by atoms with E-state index in [0.717, 1.165) is 6.42 Å². The van der Waals surface area contributed by atoms with Gasteiger partial charge in [-0.15, -0.1) is 0 Å². The van der Waals surface area contributed by atoms with Gasteiger partial charge in [-0.2, -0.15) is 19.6 Å². The smallest absolute Gasteiger partial charge is 0.232 e. The van der Waals surface area contributed by atoms with E-state index < -0.39 is 12.6 Å². The Bertz CT molecular complexity index is 464. The SMILES string of the molecule is CC(=O)CC(Cc1ccc(C)cc1)C1C2OOC1OO2. The molecule has 0 radical (unpaired) electrons. The van der Waals surface area contributed by atoms with E-state index >= 15 is 0 Å². The molecule has 2 heterocycles. The number of ketones is 1. The van der Waals surface area contributed by atoms with Crippen molar-refractivity contribution >= 4 is 5.78 Å². The lowest BCUT2D eigenvalue weighted by Crippen LogP contribution is -2.28. The fraction of sp³-hybridized carbons (Fsp3) is 0.533. The highest BCUT2D eigenvalue weighted by Crippen LogP contribution is 2.41. The van der Waals surface area contributed by atoms with Crippen molar-refractivity contribution in [1.29, 1.82) is 0 Å². The van der Waals surface area contributed by atoms with Crippen LogP contribution in [0.1, 0.15) is 24.5 Å². The number of rotatable bonds is 5. The van der Waals surface area contributed by atoms with E-state index in [1.807, 2.05) is 0 Å². The molecule has 0 spiro atoms. The summed E-state index contributed by atoms with van der Waals surface area (Å²) in [5, 5.41) is 0. The van der Waals surface area contributed by atoms with Crippen molar-refractivity contribution in [3.63, 3.8) is 0 Å². The standard InChI is InChI=1S/C15H18O5/c1-9-3-5-11(6-4-9)8-12(7-10(2)16)13-14-17-19-15(13)20-18-14/h3-6,12-15H,7-8H2,1-2H3. The minimum atomic E-state index is -0.533. The zero-order valence-corrected chi connectivity index (χ0v) is 11.6. The van der Waals surface area contributed by atoms with Crippen molar-refractivity contribution in [3.8, 4) is 0 Å². The first-order valence-corrected chi connectivity index (χ1v) is 6.83. The maximum absolute atomic E-state index is 11.5. The fourth-order valence-electron chi connectivity index (χ4n) is 2.82. The number of carbonyl (C=O) groups excluding carboxylic acids is 1. The molecule has 20 heavy (non-hydrogen) atoms. The molecule has 2 aliphatic heterocycles. The quantitative estimate of drug-likeness (QED) is 0.774. The second kappa shape index (κ2) is 5.61. The van der Waals surface area contributed by atoms with Crippen LogP contribution in [0.5, 0.6) is 0 Å². The molecule has 1 aromatic rings. The predicted octanol–water partition coefficient (Wildman–Crippen LogP) is 2.32. The molecule has 3 rings (SSSR count). The van der Waals surface area contributed by atoms with Gasteiger partial charge in [0.15, 0.2) is 0 Å². The van der Waals surface area contributed by atoms with Crippen LogP contribution in [0.25, 0.3) is 0 Å². The van der Waals surface area contributed by atoms with E-state index in [-0.39, 0.29) is 17.6 Å². The molecule has 0 aliphatic carbocycles. The van der Waals surface area contributed by atoms with E-state index in [2.05, 4.69) is 31.2 Å². The van der Waals surface area contributed by atoms with Gasteiger partial charge in [-0.25, -0.2) is 0 Å². The Balaban J connectivity index is 1.76. The van der Waals surface area contributed by atoms with E-state index in [9.17, 15) is 4.79 Å². The zero-order valence-electron chi connectivity index (χ0n) is 11.6. The number of hydrogen-bond acceptors (Lipinski definition) is 5. The summed E-state index contributed by atoms with van der Waals surface area (Å²) in [5.41, 5.74) is 2.41. The first kappa shape index (κ1) is 13.7. The molecule has 0 saturated carbocycles. The van der Waals surface area contributed by atoms with Crippen molar-refractivity contribution in [2.24, 2.45) is 11.8 Å². The van der Waals surface area contributed by atoms with E-state index in [0.29, 0.717) is 6.42 Å².